The van der Waals surface area contributed by atoms with E-state index in [1.54, 1.807) is 142 Å². The predicted octanol–water partition coefficient (Wildman–Crippen LogP) is 13.5. The van der Waals surface area contributed by atoms with E-state index in [0.717, 1.165) is 67.3 Å². The van der Waals surface area contributed by atoms with Gasteiger partial charge in [0.15, 0.2) is 0 Å². The highest BCUT2D eigenvalue weighted by atomic mass is 35.5. The van der Waals surface area contributed by atoms with Crippen molar-refractivity contribution in [2.24, 2.45) is 11.5 Å². The number of benzene rings is 4. The molecular formula is C90H109ClN12O20. The van der Waals surface area contributed by atoms with Crippen LogP contribution in [-0.2, 0) is 119 Å². The highest BCUT2D eigenvalue weighted by molar-refractivity contribution is 6.03. The van der Waals surface area contributed by atoms with Crippen LogP contribution in [0.2, 0.25) is 0 Å². The van der Waals surface area contributed by atoms with E-state index in [9.17, 15) is 47.9 Å². The number of ether oxygens (including phenoxy) is 10. The van der Waals surface area contributed by atoms with E-state index in [1.165, 1.54) is 19.6 Å². The van der Waals surface area contributed by atoms with Crippen molar-refractivity contribution >= 4 is 94.8 Å². The summed E-state index contributed by atoms with van der Waals surface area (Å²) in [5, 5.41) is 5.46. The lowest BCUT2D eigenvalue weighted by atomic mass is 10.00. The Balaban J connectivity index is 0.000000204. The molecule has 33 heteroatoms. The van der Waals surface area contributed by atoms with Crippen LogP contribution in [0.5, 0.6) is 46.5 Å². The Morgan fingerprint density at radius 1 is 0.358 bits per heavy atom. The molecule has 0 unspecified atom stereocenters. The number of alkyl carbamates (subject to hydrolysis) is 2. The number of nitrogens with one attached hydrogen (secondary N) is 2. The maximum Gasteiger partial charge on any atom is 0.407 e. The van der Waals surface area contributed by atoms with E-state index >= 15 is 0 Å². The van der Waals surface area contributed by atoms with Gasteiger partial charge in [-0.2, -0.15) is 0 Å². The fourth-order valence-corrected chi connectivity index (χ4v) is 13.6. The maximum absolute atomic E-state index is 12.5. The Hall–Kier alpha value is -12.8. The molecule has 0 spiro atoms. The van der Waals surface area contributed by atoms with Gasteiger partial charge >= 0.3 is 36.1 Å². The molecule has 0 saturated heterocycles. The summed E-state index contributed by atoms with van der Waals surface area (Å²) in [7, 11) is 0. The van der Waals surface area contributed by atoms with Gasteiger partial charge in [0.25, 0.3) is 0 Å². The van der Waals surface area contributed by atoms with Gasteiger partial charge in [-0.1, -0.05) is 24.3 Å². The molecular weight excluding hydrogens is 1600 g/mol. The summed E-state index contributed by atoms with van der Waals surface area (Å²) < 4.78 is 54.8. The average molecular weight is 1710 g/mol. The van der Waals surface area contributed by atoms with E-state index in [1.807, 2.05) is 76.2 Å². The van der Waals surface area contributed by atoms with Gasteiger partial charge < -0.3 is 89.1 Å². The van der Waals surface area contributed by atoms with Crippen LogP contribution in [0.15, 0.2) is 121 Å². The molecule has 0 saturated carbocycles. The van der Waals surface area contributed by atoms with Crippen molar-refractivity contribution in [2.75, 3.05) is 72.2 Å². The van der Waals surface area contributed by atoms with Crippen molar-refractivity contribution in [3.63, 3.8) is 0 Å². The lowest BCUT2D eigenvalue weighted by Gasteiger charge is -2.29. The Morgan fingerprint density at radius 3 is 0.805 bits per heavy atom. The lowest BCUT2D eigenvalue weighted by Crippen LogP contribution is -2.39. The molecule has 656 valence electrons. The number of pyridine rings is 4. The van der Waals surface area contributed by atoms with E-state index in [4.69, 9.17) is 58.8 Å². The first-order valence-corrected chi connectivity index (χ1v) is 40.4. The van der Waals surface area contributed by atoms with Gasteiger partial charge in [-0.25, -0.2) is 29.5 Å². The SMILES string of the molecule is CCOC(=O)CN1C(=O)CCc2c(Oc3cc(CN)cc(C)n3)cccc21.CCOC(=O)CN1C(=O)CCc2c(Oc3cc(CN)cc(C)n3)cccc21.CCOC(=O)CN1C(=O)CCc2c(Oc3cc(CNC(=O)OC(C)(C)C)cc(C)n3)cccc21.CCOC(=O)CN1C(=O)CCc2c(Oc3cc(CNC(=O)OC(C)(C)C)cc(C)n3)cccc21.Cl. The van der Waals surface area contributed by atoms with E-state index in [0.29, 0.717) is 121 Å². The van der Waals surface area contributed by atoms with Gasteiger partial charge in [0.05, 0.1) is 49.2 Å². The van der Waals surface area contributed by atoms with Gasteiger partial charge in [-0.15, -0.1) is 12.4 Å². The second kappa shape index (κ2) is 44.6. The second-order valence-corrected chi connectivity index (χ2v) is 30.5. The summed E-state index contributed by atoms with van der Waals surface area (Å²) in [5.41, 5.74) is 22.8. The highest BCUT2D eigenvalue weighted by Crippen LogP contribution is 2.42. The number of nitrogens with two attached hydrogens (primary N) is 2. The van der Waals surface area contributed by atoms with E-state index in [2.05, 4.69) is 30.6 Å². The van der Waals surface area contributed by atoms with E-state index in [-0.39, 0.29) is 115 Å². The summed E-state index contributed by atoms with van der Waals surface area (Å²) >= 11 is 0. The van der Waals surface area contributed by atoms with E-state index < -0.39 is 47.3 Å². The number of hydrogen-bond acceptors (Lipinski definition) is 26. The zero-order chi connectivity index (χ0) is 88.5. The number of hydrogen-bond donors (Lipinski definition) is 4. The zero-order valence-electron chi connectivity index (χ0n) is 72.0. The summed E-state index contributed by atoms with van der Waals surface area (Å²) in [6.45, 7) is 27.0. The maximum atomic E-state index is 12.5. The largest absolute Gasteiger partial charge is 0.465 e. The number of esters is 4. The van der Waals surface area contributed by atoms with Crippen LogP contribution in [-0.4, -0.2) is 143 Å². The third-order valence-electron chi connectivity index (χ3n) is 18.5. The van der Waals surface area contributed by atoms with Crippen molar-refractivity contribution in [2.45, 2.75) is 186 Å². The first-order chi connectivity index (χ1) is 58.1. The Morgan fingerprint density at radius 2 is 0.585 bits per heavy atom. The molecule has 0 aliphatic carbocycles. The van der Waals surface area contributed by atoms with Crippen molar-refractivity contribution in [3.05, 3.63) is 189 Å². The zero-order valence-corrected chi connectivity index (χ0v) is 72.8. The normalized spacial score (nSPS) is 13.1. The van der Waals surface area contributed by atoms with Crippen molar-refractivity contribution in [1.29, 1.82) is 0 Å². The number of carbonyl (C=O) groups excluding carboxylic acids is 10. The van der Waals surface area contributed by atoms with Gasteiger partial charge in [-0.05, 0) is 218 Å². The summed E-state index contributed by atoms with van der Waals surface area (Å²) in [6, 6.07) is 36.2. The number of halogens is 1. The summed E-state index contributed by atoms with van der Waals surface area (Å²) in [4.78, 5) is 145. The third kappa shape index (κ3) is 28.1. The van der Waals surface area contributed by atoms with Crippen LogP contribution in [0.1, 0.15) is 162 Å². The van der Waals surface area contributed by atoms with Crippen molar-refractivity contribution < 1.29 is 95.3 Å². The number of carbonyl (C=O) groups is 10. The van der Waals surface area contributed by atoms with Crippen LogP contribution in [0.25, 0.3) is 0 Å². The Kier molecular flexibility index (Phi) is 34.7. The minimum Gasteiger partial charge on any atom is -0.465 e. The standard InChI is InChI=1S/2C25H31N3O6.2C20H23N3O4.ClH/c2*1-6-32-23(30)15-28-19-8-7-9-20(18(19)10-11-22(28)29)33-21-13-17(12-16(2)27-21)14-26-24(31)34-25(3,4)5;2*1-3-26-20(25)12-23-16-5-4-6-17(15(16)7-8-19(23)24)27-18-10-14(11-21)9-13(2)22-18;/h2*7-9,12-13H,6,10-11,14-15H2,1-5H3,(H,26,31);2*4-6,9-10H,3,7-8,11-12,21H2,1-2H3;1H. The molecule has 12 rings (SSSR count). The molecule has 0 atom stereocenters. The molecule has 6 amide bonds. The molecule has 4 aromatic carbocycles. The van der Waals surface area contributed by atoms with Gasteiger partial charge in [0, 0.05) is 121 Å². The summed E-state index contributed by atoms with van der Waals surface area (Å²) in [6.07, 6.45) is 2.19. The molecule has 8 aromatic rings. The molecule has 4 aliphatic heterocycles. The monoisotopic (exact) mass is 1710 g/mol. The minimum absolute atomic E-state index is 0. The molecule has 0 bridgehead atoms. The number of anilines is 4. The van der Waals surface area contributed by atoms with Gasteiger partial charge in [0.1, 0.15) is 60.4 Å². The van der Waals surface area contributed by atoms with Gasteiger partial charge in [0.2, 0.25) is 47.1 Å². The molecule has 4 aliphatic rings. The number of rotatable bonds is 26. The fourth-order valence-electron chi connectivity index (χ4n) is 13.6. The minimum atomic E-state index is -0.582. The van der Waals surface area contributed by atoms with Crippen LogP contribution < -0.4 is 60.6 Å². The molecule has 4 aromatic heterocycles. The smallest absolute Gasteiger partial charge is 0.407 e. The first-order valence-electron chi connectivity index (χ1n) is 40.4. The van der Waals surface area contributed by atoms with Crippen LogP contribution in [0, 0.1) is 27.7 Å². The average Bonchev–Trinajstić information content (AvgIpc) is 0.799. The number of nitrogens with zero attached hydrogens (tertiary/aromatic N) is 8. The molecule has 32 nitrogen and oxygen atoms in total. The Labute approximate surface area is 721 Å². The number of fused-ring (bicyclic) bond motifs is 4. The number of amides is 6. The topological polar surface area (TPSA) is 404 Å². The molecule has 123 heavy (non-hydrogen) atoms. The predicted molar refractivity (Wildman–Crippen MR) is 460 cm³/mol. The van der Waals surface area contributed by atoms with Crippen LogP contribution in [0.3, 0.4) is 0 Å². The third-order valence-corrected chi connectivity index (χ3v) is 18.5. The molecule has 0 fully saturated rings. The molecule has 8 heterocycles. The van der Waals surface area contributed by atoms with Crippen LogP contribution >= 0.6 is 12.4 Å². The van der Waals surface area contributed by atoms with Crippen molar-refractivity contribution in [1.82, 2.24) is 30.6 Å². The van der Waals surface area contributed by atoms with Crippen LogP contribution in [0.4, 0.5) is 32.3 Å². The quantitative estimate of drug-likeness (QED) is 0.0289. The summed E-state index contributed by atoms with van der Waals surface area (Å²) in [5.74, 6) is 1.73. The second-order valence-electron chi connectivity index (χ2n) is 30.5. The van der Waals surface area contributed by atoms with Crippen molar-refractivity contribution in [3.8, 4) is 46.5 Å². The highest BCUT2D eigenvalue weighted by Gasteiger charge is 2.34. The Bertz CT molecular complexity index is 4830. The first kappa shape index (κ1) is 95.7. The fraction of sp³-hybridized carbons (Fsp3) is 0.400. The molecule has 0 radical (unpaired) electrons. The number of aromatic nitrogens is 4. The number of aryl methyl sites for hydroxylation is 4. The molecule has 6 N–H and O–H groups in total. The van der Waals surface area contributed by atoms with Gasteiger partial charge in [-0.3, -0.25) is 38.4 Å². The lowest BCUT2D eigenvalue weighted by molar-refractivity contribution is -0.143.